The minimum atomic E-state index is -1.07. The smallest absolute Gasteiger partial charge is 0.353 e. The number of hydrogen-bond donors (Lipinski definition) is 1. The predicted molar refractivity (Wildman–Crippen MR) is 115 cm³/mol. The Kier molecular flexibility index (Phi) is 4.86. The summed E-state index contributed by atoms with van der Waals surface area (Å²) in [5.74, 6) is 0.470. The van der Waals surface area contributed by atoms with E-state index < -0.39 is 5.97 Å². The van der Waals surface area contributed by atoms with E-state index in [0.29, 0.717) is 16.9 Å². The van der Waals surface area contributed by atoms with Gasteiger partial charge in [-0.25, -0.2) is 9.78 Å². The molecule has 1 aromatic carbocycles. The fourth-order valence-corrected chi connectivity index (χ4v) is 6.17. The van der Waals surface area contributed by atoms with E-state index in [0.717, 1.165) is 40.9 Å². The molecule has 0 saturated carbocycles. The summed E-state index contributed by atoms with van der Waals surface area (Å²) >= 11 is 3.15. The molecule has 7 nitrogen and oxygen atoms in total. The molecule has 3 aliphatic heterocycles. The Labute approximate surface area is 181 Å². The number of fused-ring (bicyclic) bond motifs is 2. The normalized spacial score (nSPS) is 21.5. The number of aliphatic carboxylic acids is 1. The van der Waals surface area contributed by atoms with Crippen molar-refractivity contribution < 1.29 is 19.4 Å². The molecule has 1 atom stereocenters. The van der Waals surface area contributed by atoms with Crippen LogP contribution in [0.5, 0.6) is 5.75 Å². The van der Waals surface area contributed by atoms with Crippen LogP contribution in [0.3, 0.4) is 0 Å². The maximum absolute atomic E-state index is 12.8. The highest BCUT2D eigenvalue weighted by molar-refractivity contribution is 8.04. The molecule has 4 heterocycles. The molecule has 30 heavy (non-hydrogen) atoms. The van der Waals surface area contributed by atoms with Crippen molar-refractivity contribution in [3.05, 3.63) is 57.9 Å². The molecule has 1 N–H and O–H groups in total. The van der Waals surface area contributed by atoms with Crippen molar-refractivity contribution in [2.75, 3.05) is 12.9 Å². The number of aromatic nitrogens is 2. The Balaban J connectivity index is 1.40. The van der Waals surface area contributed by atoms with Gasteiger partial charge in [0.15, 0.2) is 5.16 Å². The number of thioether (sulfide) groups is 2. The van der Waals surface area contributed by atoms with Gasteiger partial charge in [0.25, 0.3) is 5.91 Å². The third-order valence-electron chi connectivity index (χ3n) is 5.29. The van der Waals surface area contributed by atoms with Gasteiger partial charge < -0.3 is 14.4 Å². The monoisotopic (exact) mass is 441 g/mol. The van der Waals surface area contributed by atoms with Crippen LogP contribution in [0.25, 0.3) is 6.08 Å². The third-order valence-corrected chi connectivity index (χ3v) is 7.67. The molecule has 9 heteroatoms. The Hall–Kier alpha value is -2.65. The van der Waals surface area contributed by atoms with Gasteiger partial charge in [-0.3, -0.25) is 9.69 Å². The summed E-state index contributed by atoms with van der Waals surface area (Å²) in [6.07, 6.45) is 5.33. The first-order valence-corrected chi connectivity index (χ1v) is 11.4. The number of methoxy groups -OCH3 is 1. The molecule has 1 amide bonds. The topological polar surface area (TPSA) is 84.7 Å². The number of nitrogens with zero attached hydrogens (tertiary/aromatic N) is 3. The van der Waals surface area contributed by atoms with E-state index in [2.05, 4.69) is 9.55 Å². The van der Waals surface area contributed by atoms with E-state index in [9.17, 15) is 14.7 Å². The second-order valence-corrected chi connectivity index (χ2v) is 9.43. The van der Waals surface area contributed by atoms with E-state index in [-0.39, 0.29) is 17.0 Å². The van der Waals surface area contributed by atoms with E-state index in [1.165, 1.54) is 16.7 Å². The molecule has 1 aromatic heterocycles. The van der Waals surface area contributed by atoms with Crippen LogP contribution in [-0.2, 0) is 22.6 Å². The Bertz CT molecular complexity index is 1080. The number of allylic oxidation sites excluding steroid dienone is 1. The third kappa shape index (κ3) is 3.22. The number of benzene rings is 1. The number of hydrogen-bond acceptors (Lipinski definition) is 6. The number of rotatable bonds is 5. The molecule has 1 fully saturated rings. The Morgan fingerprint density at radius 2 is 2.17 bits per heavy atom. The van der Waals surface area contributed by atoms with Crippen molar-refractivity contribution in [2.45, 2.75) is 29.9 Å². The summed E-state index contributed by atoms with van der Waals surface area (Å²) in [5, 5.41) is 10.4. The highest BCUT2D eigenvalue weighted by Gasteiger charge is 2.52. The number of carboxylic acid groups (broad SMARTS) is 1. The summed E-state index contributed by atoms with van der Waals surface area (Å²) in [6.45, 7) is 0.938. The molecule has 3 aliphatic rings. The zero-order valence-electron chi connectivity index (χ0n) is 16.2. The largest absolute Gasteiger partial charge is 0.497 e. The summed E-state index contributed by atoms with van der Waals surface area (Å²) in [7, 11) is 1.60. The van der Waals surface area contributed by atoms with Gasteiger partial charge in [-0.2, -0.15) is 0 Å². The van der Waals surface area contributed by atoms with Crippen LogP contribution >= 0.6 is 23.5 Å². The maximum Gasteiger partial charge on any atom is 0.353 e. The lowest BCUT2D eigenvalue weighted by Gasteiger charge is -2.36. The molecule has 0 aliphatic carbocycles. The van der Waals surface area contributed by atoms with Crippen molar-refractivity contribution in [1.29, 1.82) is 0 Å². The molecule has 0 unspecified atom stereocenters. The van der Waals surface area contributed by atoms with E-state index in [1.54, 1.807) is 24.9 Å². The minimum Gasteiger partial charge on any atom is -0.497 e. The zero-order valence-corrected chi connectivity index (χ0v) is 17.8. The number of ether oxygens (including phenoxy) is 1. The van der Waals surface area contributed by atoms with Gasteiger partial charge in [-0.1, -0.05) is 35.7 Å². The fraction of sp³-hybridized carbons (Fsp3) is 0.286. The summed E-state index contributed by atoms with van der Waals surface area (Å²) < 4.78 is 7.29. The zero-order chi connectivity index (χ0) is 20.8. The van der Waals surface area contributed by atoms with Crippen LogP contribution in [0, 0.1) is 0 Å². The van der Waals surface area contributed by atoms with Crippen molar-refractivity contribution in [1.82, 2.24) is 14.5 Å². The van der Waals surface area contributed by atoms with Crippen LogP contribution in [-0.4, -0.2) is 49.7 Å². The molecule has 0 bridgehead atoms. The number of carbonyl (C=O) groups excluding carboxylic acids is 1. The standard InChI is InChI=1S/C21H19N3O4S2/c1-28-14-5-3-12(4-6-14)9-16-17(20(26)27)24-18(25)15(19(24)30-16)10-13-11-23-7-2-8-29-21(23)22-13/h3-6,10-11,19H,2,7-9H2,1H3,(H,26,27)/b15-10-/t19-/m1/s1. The van der Waals surface area contributed by atoms with Gasteiger partial charge in [0.05, 0.1) is 18.4 Å². The van der Waals surface area contributed by atoms with Crippen LogP contribution in [0.1, 0.15) is 17.7 Å². The Morgan fingerprint density at radius 3 is 2.87 bits per heavy atom. The minimum absolute atomic E-state index is 0.0858. The van der Waals surface area contributed by atoms with Crippen molar-refractivity contribution in [3.8, 4) is 5.75 Å². The molecule has 2 aromatic rings. The van der Waals surface area contributed by atoms with Crippen molar-refractivity contribution >= 4 is 41.5 Å². The fourth-order valence-electron chi connectivity index (χ4n) is 3.81. The Morgan fingerprint density at radius 1 is 1.37 bits per heavy atom. The van der Waals surface area contributed by atoms with Crippen molar-refractivity contribution in [3.63, 3.8) is 0 Å². The second kappa shape index (κ2) is 7.55. The van der Waals surface area contributed by atoms with Crippen molar-refractivity contribution in [2.24, 2.45) is 0 Å². The van der Waals surface area contributed by atoms with Gasteiger partial charge in [-0.05, 0) is 30.2 Å². The predicted octanol–water partition coefficient (Wildman–Crippen LogP) is 3.22. The van der Waals surface area contributed by atoms with Crippen LogP contribution in [0.15, 0.2) is 51.8 Å². The molecular weight excluding hydrogens is 422 g/mol. The van der Waals surface area contributed by atoms with Crippen LogP contribution < -0.4 is 4.74 Å². The molecule has 5 rings (SSSR count). The molecule has 0 spiro atoms. The summed E-state index contributed by atoms with van der Waals surface area (Å²) in [6, 6.07) is 7.51. The lowest BCUT2D eigenvalue weighted by Crippen LogP contribution is -2.51. The highest BCUT2D eigenvalue weighted by Crippen LogP contribution is 2.50. The van der Waals surface area contributed by atoms with Gasteiger partial charge in [0.2, 0.25) is 0 Å². The van der Waals surface area contributed by atoms with E-state index >= 15 is 0 Å². The average Bonchev–Trinajstić information content (AvgIpc) is 3.31. The molecule has 154 valence electrons. The van der Waals surface area contributed by atoms with Crippen LogP contribution in [0.4, 0.5) is 0 Å². The average molecular weight is 442 g/mol. The number of carboxylic acids is 1. The lowest BCUT2D eigenvalue weighted by atomic mass is 10.0. The van der Waals surface area contributed by atoms with Gasteiger partial charge in [-0.15, -0.1) is 0 Å². The van der Waals surface area contributed by atoms with E-state index in [4.69, 9.17) is 4.74 Å². The van der Waals surface area contributed by atoms with Gasteiger partial charge in [0, 0.05) is 29.8 Å². The molecule has 1 saturated heterocycles. The molecule has 0 radical (unpaired) electrons. The first-order valence-electron chi connectivity index (χ1n) is 9.56. The number of imidazole rings is 1. The number of aryl methyl sites for hydroxylation is 1. The molecular formula is C21H19N3O4S2. The number of β-lactam (4-membered cyclic amide) rings is 1. The summed E-state index contributed by atoms with van der Waals surface area (Å²) in [4.78, 5) is 31.4. The first kappa shape index (κ1) is 19.3. The number of carbonyl (C=O) groups is 2. The maximum atomic E-state index is 12.8. The van der Waals surface area contributed by atoms with E-state index in [1.807, 2.05) is 30.5 Å². The lowest BCUT2D eigenvalue weighted by molar-refractivity contribution is -0.141. The van der Waals surface area contributed by atoms with Gasteiger partial charge in [0.1, 0.15) is 16.8 Å². The quantitative estimate of drug-likeness (QED) is 0.563. The second-order valence-electron chi connectivity index (χ2n) is 7.19. The SMILES string of the molecule is COc1ccc(CC2=C(C(=O)O)N3C(=O)/C(=C/c4cn5c(n4)SCCC5)[C@H]3S2)cc1. The highest BCUT2D eigenvalue weighted by atomic mass is 32.2. The van der Waals surface area contributed by atoms with Gasteiger partial charge >= 0.3 is 5.97 Å². The summed E-state index contributed by atoms with van der Waals surface area (Å²) in [5.41, 5.74) is 2.41. The first-order chi connectivity index (χ1) is 14.5. The van der Waals surface area contributed by atoms with Crippen LogP contribution in [0.2, 0.25) is 0 Å². The number of amides is 1.